The molecule has 2 saturated carbocycles. The molecule has 1 heteroatoms. The second-order valence-electron chi connectivity index (χ2n) is 4.99. The minimum absolute atomic E-state index is 0.872. The van der Waals surface area contributed by atoms with Crippen LogP contribution in [0.1, 0.15) is 51.4 Å². The Bertz CT molecular complexity index is 147. The van der Waals surface area contributed by atoms with E-state index in [0.717, 1.165) is 24.3 Å². The topological polar surface area (TPSA) is 26.0 Å². The molecule has 0 aromatic rings. The van der Waals surface area contributed by atoms with Crippen LogP contribution in [0.2, 0.25) is 0 Å². The van der Waals surface area contributed by atoms with Crippen molar-refractivity contribution in [1.29, 1.82) is 0 Å². The molecule has 2 rings (SSSR count). The van der Waals surface area contributed by atoms with E-state index in [-0.39, 0.29) is 0 Å². The van der Waals surface area contributed by atoms with Crippen molar-refractivity contribution in [3.63, 3.8) is 0 Å². The Morgan fingerprint density at radius 3 is 2.15 bits per heavy atom. The van der Waals surface area contributed by atoms with Crippen LogP contribution >= 0.6 is 0 Å². The Balaban J connectivity index is 1.93. The highest BCUT2D eigenvalue weighted by molar-refractivity contribution is 4.83. The Labute approximate surface area is 82.1 Å². The lowest BCUT2D eigenvalue weighted by molar-refractivity contribution is 0.168. The molecule has 2 fully saturated rings. The average Bonchev–Trinajstić information content (AvgIpc) is 2.70. The maximum atomic E-state index is 5.86. The first-order valence-corrected chi connectivity index (χ1v) is 6.12. The fraction of sp³-hybridized carbons (Fsp3) is 1.00. The summed E-state index contributed by atoms with van der Waals surface area (Å²) >= 11 is 0. The van der Waals surface area contributed by atoms with Gasteiger partial charge in [0.1, 0.15) is 0 Å². The fourth-order valence-electron chi connectivity index (χ4n) is 3.54. The van der Waals surface area contributed by atoms with Gasteiger partial charge in [-0.25, -0.2) is 0 Å². The second-order valence-corrected chi connectivity index (χ2v) is 4.99. The molecule has 2 atom stereocenters. The van der Waals surface area contributed by atoms with Crippen molar-refractivity contribution >= 4 is 0 Å². The Kier molecular flexibility index (Phi) is 3.26. The molecule has 0 aromatic heterocycles. The van der Waals surface area contributed by atoms with Gasteiger partial charge in [0.2, 0.25) is 0 Å². The van der Waals surface area contributed by atoms with Crippen LogP contribution in [0, 0.1) is 17.8 Å². The largest absolute Gasteiger partial charge is 0.330 e. The number of hydrogen-bond acceptors (Lipinski definition) is 1. The molecule has 0 saturated heterocycles. The molecule has 2 N–H and O–H groups in total. The molecule has 0 aliphatic heterocycles. The average molecular weight is 181 g/mol. The molecule has 13 heavy (non-hydrogen) atoms. The highest BCUT2D eigenvalue weighted by Crippen LogP contribution is 2.41. The van der Waals surface area contributed by atoms with Gasteiger partial charge in [0.05, 0.1) is 0 Å². The van der Waals surface area contributed by atoms with Crippen LogP contribution in [0.3, 0.4) is 0 Å². The van der Waals surface area contributed by atoms with E-state index in [1.807, 2.05) is 0 Å². The summed E-state index contributed by atoms with van der Waals surface area (Å²) in [7, 11) is 0. The predicted octanol–water partition coefficient (Wildman–Crippen LogP) is 2.94. The molecule has 2 aliphatic rings. The monoisotopic (exact) mass is 181 g/mol. The van der Waals surface area contributed by atoms with E-state index in [0.29, 0.717) is 0 Å². The van der Waals surface area contributed by atoms with Crippen molar-refractivity contribution in [1.82, 2.24) is 0 Å². The summed E-state index contributed by atoms with van der Waals surface area (Å²) in [5, 5.41) is 0. The van der Waals surface area contributed by atoms with Gasteiger partial charge in [-0.05, 0) is 37.1 Å². The Morgan fingerprint density at radius 1 is 0.846 bits per heavy atom. The zero-order valence-electron chi connectivity index (χ0n) is 8.67. The molecule has 1 nitrogen and oxygen atoms in total. The zero-order chi connectivity index (χ0) is 9.10. The molecule has 0 spiro atoms. The van der Waals surface area contributed by atoms with Crippen LogP contribution in [-0.4, -0.2) is 6.54 Å². The van der Waals surface area contributed by atoms with Crippen LogP contribution in [0.4, 0.5) is 0 Å². The zero-order valence-corrected chi connectivity index (χ0v) is 8.67. The SMILES string of the molecule is NCC1CCCCC1C1CCCC1. The van der Waals surface area contributed by atoms with Crippen molar-refractivity contribution in [3.05, 3.63) is 0 Å². The van der Waals surface area contributed by atoms with Gasteiger partial charge in [0.15, 0.2) is 0 Å². The van der Waals surface area contributed by atoms with E-state index >= 15 is 0 Å². The van der Waals surface area contributed by atoms with Crippen LogP contribution in [0.15, 0.2) is 0 Å². The summed E-state index contributed by atoms with van der Waals surface area (Å²) in [6.45, 7) is 0.946. The summed E-state index contributed by atoms with van der Waals surface area (Å²) in [4.78, 5) is 0. The molecule has 0 heterocycles. The first kappa shape index (κ1) is 9.51. The lowest BCUT2D eigenvalue weighted by Crippen LogP contribution is -2.31. The fourth-order valence-corrected chi connectivity index (χ4v) is 3.54. The first-order valence-electron chi connectivity index (χ1n) is 6.12. The molecular formula is C12H23N. The summed E-state index contributed by atoms with van der Waals surface area (Å²) < 4.78 is 0. The van der Waals surface area contributed by atoms with Crippen LogP contribution < -0.4 is 5.73 Å². The second kappa shape index (κ2) is 4.45. The molecule has 2 aliphatic carbocycles. The number of nitrogens with two attached hydrogens (primary N) is 1. The van der Waals surface area contributed by atoms with Gasteiger partial charge in [-0.2, -0.15) is 0 Å². The molecule has 0 amide bonds. The van der Waals surface area contributed by atoms with E-state index in [4.69, 9.17) is 5.73 Å². The van der Waals surface area contributed by atoms with Crippen molar-refractivity contribution in [2.24, 2.45) is 23.5 Å². The van der Waals surface area contributed by atoms with Gasteiger partial charge in [0, 0.05) is 0 Å². The van der Waals surface area contributed by atoms with Gasteiger partial charge in [-0.15, -0.1) is 0 Å². The molecular weight excluding hydrogens is 158 g/mol. The summed E-state index contributed by atoms with van der Waals surface area (Å²) in [6, 6.07) is 0. The smallest absolute Gasteiger partial charge is 0.00461 e. The minimum Gasteiger partial charge on any atom is -0.330 e. The third-order valence-electron chi connectivity index (χ3n) is 4.28. The Morgan fingerprint density at radius 2 is 1.46 bits per heavy atom. The van der Waals surface area contributed by atoms with Crippen molar-refractivity contribution in [3.8, 4) is 0 Å². The van der Waals surface area contributed by atoms with Gasteiger partial charge in [-0.3, -0.25) is 0 Å². The summed E-state index contributed by atoms with van der Waals surface area (Å²) in [5.41, 5.74) is 5.86. The van der Waals surface area contributed by atoms with E-state index < -0.39 is 0 Å². The quantitative estimate of drug-likeness (QED) is 0.696. The minimum atomic E-state index is 0.872. The molecule has 0 aromatic carbocycles. The number of hydrogen-bond donors (Lipinski definition) is 1. The highest BCUT2D eigenvalue weighted by atomic mass is 14.6. The van der Waals surface area contributed by atoms with Gasteiger partial charge < -0.3 is 5.73 Å². The van der Waals surface area contributed by atoms with Gasteiger partial charge in [0.25, 0.3) is 0 Å². The third-order valence-corrected chi connectivity index (χ3v) is 4.28. The van der Waals surface area contributed by atoms with Gasteiger partial charge >= 0.3 is 0 Å². The highest BCUT2D eigenvalue weighted by Gasteiger charge is 2.32. The Hall–Kier alpha value is -0.0400. The summed E-state index contributed by atoms with van der Waals surface area (Å²) in [5.74, 6) is 2.92. The van der Waals surface area contributed by atoms with Crippen LogP contribution in [-0.2, 0) is 0 Å². The predicted molar refractivity (Wildman–Crippen MR) is 56.5 cm³/mol. The van der Waals surface area contributed by atoms with E-state index in [1.54, 1.807) is 0 Å². The van der Waals surface area contributed by atoms with Crippen LogP contribution in [0.25, 0.3) is 0 Å². The van der Waals surface area contributed by atoms with E-state index in [1.165, 1.54) is 51.4 Å². The standard InChI is InChI=1S/C12H23N/c13-9-11-7-3-4-8-12(11)10-5-1-2-6-10/h10-12H,1-9,13H2. The maximum absolute atomic E-state index is 5.86. The lowest BCUT2D eigenvalue weighted by atomic mass is 9.72. The molecule has 2 unspecified atom stereocenters. The first-order chi connectivity index (χ1) is 6.42. The summed E-state index contributed by atoms with van der Waals surface area (Å²) in [6.07, 6.45) is 11.8. The lowest BCUT2D eigenvalue weighted by Gasteiger charge is -2.35. The third kappa shape index (κ3) is 2.07. The van der Waals surface area contributed by atoms with Crippen molar-refractivity contribution in [2.75, 3.05) is 6.54 Å². The van der Waals surface area contributed by atoms with Crippen molar-refractivity contribution < 1.29 is 0 Å². The normalized spacial score (nSPS) is 36.7. The van der Waals surface area contributed by atoms with Crippen LogP contribution in [0.5, 0.6) is 0 Å². The maximum Gasteiger partial charge on any atom is -0.00461 e. The van der Waals surface area contributed by atoms with Gasteiger partial charge in [-0.1, -0.05) is 38.5 Å². The number of rotatable bonds is 2. The molecule has 76 valence electrons. The molecule has 0 bridgehead atoms. The van der Waals surface area contributed by atoms with Crippen molar-refractivity contribution in [2.45, 2.75) is 51.4 Å². The molecule has 0 radical (unpaired) electrons. The van der Waals surface area contributed by atoms with E-state index in [9.17, 15) is 0 Å². The van der Waals surface area contributed by atoms with E-state index in [2.05, 4.69) is 0 Å².